The summed E-state index contributed by atoms with van der Waals surface area (Å²) in [5.74, 6) is 0. The number of nitro groups is 1. The molecule has 0 bridgehead atoms. The predicted molar refractivity (Wildman–Crippen MR) is 72.0 cm³/mol. The molecule has 18 heavy (non-hydrogen) atoms. The minimum atomic E-state index is -0.445. The fourth-order valence-corrected chi connectivity index (χ4v) is 1.89. The van der Waals surface area contributed by atoms with Crippen LogP contribution in [-0.2, 0) is 0 Å². The number of hydrogen-bond acceptors (Lipinski definition) is 5. The summed E-state index contributed by atoms with van der Waals surface area (Å²) >= 11 is 0. The molecule has 0 aliphatic carbocycles. The first-order valence-corrected chi connectivity index (χ1v) is 5.85. The Balaban J connectivity index is 2.98. The van der Waals surface area contributed by atoms with E-state index in [1.807, 2.05) is 6.92 Å². The second-order valence-corrected chi connectivity index (χ2v) is 4.34. The molecule has 0 fully saturated rings. The highest BCUT2D eigenvalue weighted by Crippen LogP contribution is 2.33. The van der Waals surface area contributed by atoms with Crippen LogP contribution in [0.15, 0.2) is 18.2 Å². The number of benzene rings is 1. The van der Waals surface area contributed by atoms with Crippen molar-refractivity contribution in [1.82, 2.24) is 0 Å². The maximum Gasteiger partial charge on any atom is 0.315 e. The molecule has 6 nitrogen and oxygen atoms in total. The lowest BCUT2D eigenvalue weighted by molar-refractivity contribution is -0.383. The average Bonchev–Trinajstić information content (AvgIpc) is 2.26. The van der Waals surface area contributed by atoms with Crippen molar-refractivity contribution in [2.24, 2.45) is 0 Å². The molecule has 0 aliphatic heterocycles. The first-order chi connectivity index (χ1) is 8.45. The van der Waals surface area contributed by atoms with Gasteiger partial charge >= 0.3 is 5.69 Å². The molecule has 0 aromatic heterocycles. The summed E-state index contributed by atoms with van der Waals surface area (Å²) in [7, 11) is 1.64. The van der Waals surface area contributed by atoms with Crippen LogP contribution >= 0.6 is 0 Å². The van der Waals surface area contributed by atoms with Crippen molar-refractivity contribution >= 4 is 17.1 Å². The third-order valence-electron chi connectivity index (χ3n) is 2.58. The second-order valence-electron chi connectivity index (χ2n) is 4.34. The Hall–Kier alpha value is -1.82. The Bertz CT molecular complexity index is 421. The highest BCUT2D eigenvalue weighted by atomic mass is 16.6. The van der Waals surface area contributed by atoms with Crippen molar-refractivity contribution in [3.05, 3.63) is 28.3 Å². The van der Waals surface area contributed by atoms with E-state index in [4.69, 9.17) is 0 Å². The van der Waals surface area contributed by atoms with E-state index >= 15 is 0 Å². The predicted octanol–water partition coefficient (Wildman–Crippen LogP) is 2.21. The molecule has 1 rings (SSSR count). The van der Waals surface area contributed by atoms with E-state index in [0.717, 1.165) is 0 Å². The lowest BCUT2D eigenvalue weighted by Crippen LogP contribution is -2.21. The largest absolute Gasteiger partial charge is 0.393 e. The second kappa shape index (κ2) is 6.20. The molecule has 1 aromatic rings. The van der Waals surface area contributed by atoms with Crippen molar-refractivity contribution < 1.29 is 10.0 Å². The number of nitrogens with zero attached hydrogens (tertiary/aromatic N) is 1. The number of nitrogens with one attached hydrogen (secondary N) is 2. The van der Waals surface area contributed by atoms with Gasteiger partial charge in [0.1, 0.15) is 11.4 Å². The topological polar surface area (TPSA) is 87.4 Å². The van der Waals surface area contributed by atoms with Gasteiger partial charge in [0.05, 0.1) is 11.0 Å². The first kappa shape index (κ1) is 14.2. The van der Waals surface area contributed by atoms with Crippen LogP contribution in [0.5, 0.6) is 0 Å². The minimum Gasteiger partial charge on any atom is -0.393 e. The number of para-hydroxylation sites is 1. The van der Waals surface area contributed by atoms with Gasteiger partial charge < -0.3 is 15.7 Å². The molecule has 3 N–H and O–H groups in total. The smallest absolute Gasteiger partial charge is 0.315 e. The fourth-order valence-electron chi connectivity index (χ4n) is 1.89. The molecule has 0 saturated heterocycles. The third-order valence-corrected chi connectivity index (χ3v) is 2.58. The van der Waals surface area contributed by atoms with E-state index in [1.165, 1.54) is 0 Å². The normalized spacial score (nSPS) is 13.8. The summed E-state index contributed by atoms with van der Waals surface area (Å²) in [5, 5.41) is 26.2. The van der Waals surface area contributed by atoms with Gasteiger partial charge in [-0.25, -0.2) is 0 Å². The minimum absolute atomic E-state index is 0.0254. The average molecular weight is 253 g/mol. The molecule has 0 amide bonds. The first-order valence-electron chi connectivity index (χ1n) is 5.85. The van der Waals surface area contributed by atoms with E-state index in [0.29, 0.717) is 17.8 Å². The summed E-state index contributed by atoms with van der Waals surface area (Å²) in [6.07, 6.45) is 0.0834. The molecule has 1 aromatic carbocycles. The Morgan fingerprint density at radius 1 is 1.39 bits per heavy atom. The number of aliphatic hydroxyl groups excluding tert-OH is 1. The van der Waals surface area contributed by atoms with Crippen LogP contribution in [0.25, 0.3) is 0 Å². The van der Waals surface area contributed by atoms with Crippen molar-refractivity contribution in [1.29, 1.82) is 0 Å². The summed E-state index contributed by atoms with van der Waals surface area (Å²) in [5.41, 5.74) is 0.951. The van der Waals surface area contributed by atoms with E-state index in [2.05, 4.69) is 10.6 Å². The fraction of sp³-hybridized carbons (Fsp3) is 0.500. The molecule has 100 valence electrons. The van der Waals surface area contributed by atoms with Crippen LogP contribution in [0.4, 0.5) is 17.1 Å². The summed E-state index contributed by atoms with van der Waals surface area (Å²) < 4.78 is 0. The molecule has 2 atom stereocenters. The van der Waals surface area contributed by atoms with E-state index < -0.39 is 11.0 Å². The number of hydrogen-bond donors (Lipinski definition) is 3. The Morgan fingerprint density at radius 3 is 2.50 bits per heavy atom. The molecule has 0 aliphatic rings. The van der Waals surface area contributed by atoms with Crippen LogP contribution in [-0.4, -0.2) is 29.2 Å². The molecule has 2 unspecified atom stereocenters. The van der Waals surface area contributed by atoms with E-state index in [9.17, 15) is 15.2 Å². The van der Waals surface area contributed by atoms with Gasteiger partial charge in [0.25, 0.3) is 0 Å². The van der Waals surface area contributed by atoms with Gasteiger partial charge in [0.15, 0.2) is 0 Å². The van der Waals surface area contributed by atoms with Crippen LogP contribution in [0, 0.1) is 10.1 Å². The Labute approximate surface area is 106 Å². The standard InChI is InChI=1S/C12H19N3O3/c1-8(7-9(2)16)14-11-6-4-5-10(13-3)12(11)15(17)18/h4-6,8-9,13-14,16H,7H2,1-3H3. The van der Waals surface area contributed by atoms with Crippen LogP contribution < -0.4 is 10.6 Å². The number of aliphatic hydroxyl groups is 1. The van der Waals surface area contributed by atoms with Gasteiger partial charge in [-0.3, -0.25) is 10.1 Å². The quantitative estimate of drug-likeness (QED) is 0.534. The molecular formula is C12H19N3O3. The zero-order valence-electron chi connectivity index (χ0n) is 10.8. The van der Waals surface area contributed by atoms with Gasteiger partial charge in [0.2, 0.25) is 0 Å². The van der Waals surface area contributed by atoms with Crippen LogP contribution in [0.2, 0.25) is 0 Å². The highest BCUT2D eigenvalue weighted by molar-refractivity contribution is 5.76. The molecule has 6 heteroatoms. The van der Waals surface area contributed by atoms with Gasteiger partial charge in [-0.05, 0) is 32.4 Å². The van der Waals surface area contributed by atoms with Gasteiger partial charge in [-0.1, -0.05) is 6.07 Å². The van der Waals surface area contributed by atoms with Crippen molar-refractivity contribution in [2.75, 3.05) is 17.7 Å². The maximum absolute atomic E-state index is 11.1. The number of rotatable bonds is 6. The molecule has 0 spiro atoms. The molecule has 0 heterocycles. The Morgan fingerprint density at radius 2 is 2.00 bits per heavy atom. The van der Waals surface area contributed by atoms with Crippen LogP contribution in [0.3, 0.4) is 0 Å². The summed E-state index contributed by atoms with van der Waals surface area (Å²) in [4.78, 5) is 10.7. The SMILES string of the molecule is CNc1cccc(NC(C)CC(C)O)c1[N+](=O)[O-]. The van der Waals surface area contributed by atoms with Gasteiger partial charge in [-0.15, -0.1) is 0 Å². The Kier molecular flexibility index (Phi) is 4.91. The monoisotopic (exact) mass is 253 g/mol. The molecule has 0 saturated carbocycles. The van der Waals surface area contributed by atoms with Gasteiger partial charge in [0, 0.05) is 13.1 Å². The third kappa shape index (κ3) is 3.59. The lowest BCUT2D eigenvalue weighted by Gasteiger charge is -2.17. The number of nitro benzene ring substituents is 1. The van der Waals surface area contributed by atoms with Crippen LogP contribution in [0.1, 0.15) is 20.3 Å². The maximum atomic E-state index is 11.1. The molecule has 0 radical (unpaired) electrons. The zero-order valence-corrected chi connectivity index (χ0v) is 10.8. The van der Waals surface area contributed by atoms with Crippen molar-refractivity contribution in [2.45, 2.75) is 32.4 Å². The molecular weight excluding hydrogens is 234 g/mol. The lowest BCUT2D eigenvalue weighted by atomic mass is 10.1. The number of anilines is 2. The summed E-state index contributed by atoms with van der Waals surface area (Å²) in [6, 6.07) is 5.02. The van der Waals surface area contributed by atoms with Gasteiger partial charge in [-0.2, -0.15) is 0 Å². The van der Waals surface area contributed by atoms with Crippen molar-refractivity contribution in [3.63, 3.8) is 0 Å². The summed E-state index contributed by atoms with van der Waals surface area (Å²) in [6.45, 7) is 3.57. The van der Waals surface area contributed by atoms with Crippen molar-refractivity contribution in [3.8, 4) is 0 Å². The van der Waals surface area contributed by atoms with E-state index in [1.54, 1.807) is 32.2 Å². The van der Waals surface area contributed by atoms with E-state index in [-0.39, 0.29) is 11.7 Å². The highest BCUT2D eigenvalue weighted by Gasteiger charge is 2.20. The zero-order chi connectivity index (χ0) is 13.7.